The highest BCUT2D eigenvalue weighted by Crippen LogP contribution is 2.38. The summed E-state index contributed by atoms with van der Waals surface area (Å²) in [7, 11) is 0. The molecule has 138 valence electrons. The molecule has 2 fully saturated rings. The van der Waals surface area contributed by atoms with Gasteiger partial charge in [0.05, 0.1) is 6.04 Å². The van der Waals surface area contributed by atoms with Gasteiger partial charge in [0, 0.05) is 34.0 Å². The fourth-order valence-corrected chi connectivity index (χ4v) is 5.98. The molecule has 0 saturated carbocycles. The van der Waals surface area contributed by atoms with E-state index in [2.05, 4.69) is 34.4 Å². The molecule has 3 unspecified atom stereocenters. The Labute approximate surface area is 167 Å². The maximum Gasteiger partial charge on any atom is 0.241 e. The second-order valence-electron chi connectivity index (χ2n) is 6.64. The van der Waals surface area contributed by atoms with Crippen molar-refractivity contribution in [3.8, 4) is 0 Å². The van der Waals surface area contributed by atoms with Gasteiger partial charge < -0.3 is 4.90 Å². The standard InChI is InChI=1S/C19H22ClN3OS2/c20-14-5-2-1-4-13(14)17-7-8-23(9-11-26-17)19(24)16-12-15(21-22-16)18-6-3-10-25-18/h1-6,10,15-17,21-22H,7-9,11-12H2. The monoisotopic (exact) mass is 407 g/mol. The minimum Gasteiger partial charge on any atom is -0.340 e. The van der Waals surface area contributed by atoms with E-state index in [1.54, 1.807) is 11.3 Å². The van der Waals surface area contributed by atoms with E-state index in [-0.39, 0.29) is 18.0 Å². The molecule has 2 aliphatic heterocycles. The molecule has 7 heteroatoms. The minimum atomic E-state index is -0.149. The summed E-state index contributed by atoms with van der Waals surface area (Å²) in [5, 5.41) is 3.26. The largest absolute Gasteiger partial charge is 0.340 e. The van der Waals surface area contributed by atoms with Crippen LogP contribution >= 0.6 is 34.7 Å². The molecular weight excluding hydrogens is 386 g/mol. The number of nitrogens with zero attached hydrogens (tertiary/aromatic N) is 1. The summed E-state index contributed by atoms with van der Waals surface area (Å²) in [6.07, 6.45) is 1.74. The number of thioether (sulfide) groups is 1. The van der Waals surface area contributed by atoms with Crippen molar-refractivity contribution in [2.24, 2.45) is 0 Å². The SMILES string of the molecule is O=C(C1CC(c2cccs2)NN1)N1CCSC(c2ccccc2Cl)CC1. The Morgan fingerprint density at radius 3 is 2.85 bits per heavy atom. The van der Waals surface area contributed by atoms with Crippen LogP contribution in [0.2, 0.25) is 5.02 Å². The Hall–Kier alpha value is -1.05. The van der Waals surface area contributed by atoms with Crippen molar-refractivity contribution in [3.63, 3.8) is 0 Å². The number of hydrogen-bond donors (Lipinski definition) is 2. The van der Waals surface area contributed by atoms with Gasteiger partial charge in [-0.25, -0.2) is 10.9 Å². The highest BCUT2D eigenvalue weighted by atomic mass is 35.5. The molecule has 0 spiro atoms. The van der Waals surface area contributed by atoms with Crippen molar-refractivity contribution >= 4 is 40.6 Å². The summed E-state index contributed by atoms with van der Waals surface area (Å²) in [5.41, 5.74) is 7.67. The van der Waals surface area contributed by atoms with E-state index in [0.29, 0.717) is 5.25 Å². The van der Waals surface area contributed by atoms with Crippen LogP contribution in [0.15, 0.2) is 41.8 Å². The van der Waals surface area contributed by atoms with E-state index < -0.39 is 0 Å². The number of amides is 1. The number of nitrogens with one attached hydrogen (secondary N) is 2. The van der Waals surface area contributed by atoms with Gasteiger partial charge in [-0.15, -0.1) is 11.3 Å². The van der Waals surface area contributed by atoms with Crippen LogP contribution < -0.4 is 10.9 Å². The summed E-state index contributed by atoms with van der Waals surface area (Å²) in [5.74, 6) is 1.15. The van der Waals surface area contributed by atoms with Gasteiger partial charge in [-0.05, 0) is 35.9 Å². The first-order valence-corrected chi connectivity index (χ1v) is 11.2. The van der Waals surface area contributed by atoms with Gasteiger partial charge in [0.25, 0.3) is 0 Å². The van der Waals surface area contributed by atoms with Gasteiger partial charge in [-0.1, -0.05) is 35.9 Å². The number of carbonyl (C=O) groups is 1. The van der Waals surface area contributed by atoms with Crippen molar-refractivity contribution in [2.75, 3.05) is 18.8 Å². The molecule has 2 aliphatic rings. The Kier molecular flexibility index (Phi) is 5.86. The Balaban J connectivity index is 1.37. The molecule has 2 aromatic rings. The van der Waals surface area contributed by atoms with Crippen LogP contribution in [0.1, 0.15) is 34.6 Å². The van der Waals surface area contributed by atoms with E-state index in [0.717, 1.165) is 36.7 Å². The molecule has 3 atom stereocenters. The highest BCUT2D eigenvalue weighted by Gasteiger charge is 2.34. The van der Waals surface area contributed by atoms with Gasteiger partial charge in [0.15, 0.2) is 0 Å². The molecule has 0 aliphatic carbocycles. The molecular formula is C19H22ClN3OS2. The maximum atomic E-state index is 13.0. The number of rotatable bonds is 3. The number of carbonyl (C=O) groups excluding carboxylic acids is 1. The molecule has 0 radical (unpaired) electrons. The van der Waals surface area contributed by atoms with Crippen LogP contribution in [0.3, 0.4) is 0 Å². The number of halogens is 1. The Morgan fingerprint density at radius 2 is 2.04 bits per heavy atom. The van der Waals surface area contributed by atoms with Crippen molar-refractivity contribution < 1.29 is 4.79 Å². The third-order valence-electron chi connectivity index (χ3n) is 4.99. The zero-order valence-electron chi connectivity index (χ0n) is 14.4. The lowest BCUT2D eigenvalue weighted by atomic mass is 10.1. The molecule has 1 aromatic carbocycles. The van der Waals surface area contributed by atoms with E-state index in [9.17, 15) is 4.79 Å². The molecule has 4 rings (SSSR count). The minimum absolute atomic E-state index is 0.149. The van der Waals surface area contributed by atoms with Gasteiger partial charge in [0.2, 0.25) is 5.91 Å². The predicted molar refractivity (Wildman–Crippen MR) is 110 cm³/mol. The number of benzene rings is 1. The lowest BCUT2D eigenvalue weighted by Crippen LogP contribution is -2.46. The molecule has 1 aromatic heterocycles. The van der Waals surface area contributed by atoms with E-state index in [4.69, 9.17) is 11.6 Å². The Bertz CT molecular complexity index is 755. The van der Waals surface area contributed by atoms with Crippen molar-refractivity contribution in [1.29, 1.82) is 0 Å². The second kappa shape index (κ2) is 8.31. The fraction of sp³-hybridized carbons (Fsp3) is 0.421. The molecule has 26 heavy (non-hydrogen) atoms. The van der Waals surface area contributed by atoms with Gasteiger partial charge in [-0.3, -0.25) is 4.79 Å². The molecule has 3 heterocycles. The third-order valence-corrected chi connectivity index (χ3v) is 7.63. The fourth-order valence-electron chi connectivity index (χ4n) is 3.59. The lowest BCUT2D eigenvalue weighted by Gasteiger charge is -2.23. The van der Waals surface area contributed by atoms with Crippen LogP contribution in [-0.2, 0) is 4.79 Å². The van der Waals surface area contributed by atoms with Crippen LogP contribution in [0, 0.1) is 0 Å². The van der Waals surface area contributed by atoms with Crippen molar-refractivity contribution in [2.45, 2.75) is 30.2 Å². The van der Waals surface area contributed by atoms with E-state index in [1.807, 2.05) is 34.9 Å². The quantitative estimate of drug-likeness (QED) is 0.806. The van der Waals surface area contributed by atoms with Crippen LogP contribution in [0.4, 0.5) is 0 Å². The van der Waals surface area contributed by atoms with Crippen molar-refractivity contribution in [1.82, 2.24) is 15.8 Å². The maximum absolute atomic E-state index is 13.0. The molecule has 2 saturated heterocycles. The number of hydrogen-bond acceptors (Lipinski definition) is 5. The third kappa shape index (κ3) is 3.94. The topological polar surface area (TPSA) is 44.4 Å². The Morgan fingerprint density at radius 1 is 1.15 bits per heavy atom. The summed E-state index contributed by atoms with van der Waals surface area (Å²) >= 11 is 10.00. The average molecular weight is 408 g/mol. The first-order chi connectivity index (χ1) is 12.7. The molecule has 0 bridgehead atoms. The molecule has 2 N–H and O–H groups in total. The van der Waals surface area contributed by atoms with Crippen molar-refractivity contribution in [3.05, 3.63) is 57.2 Å². The smallest absolute Gasteiger partial charge is 0.241 e. The predicted octanol–water partition coefficient (Wildman–Crippen LogP) is 4.02. The van der Waals surface area contributed by atoms with Crippen LogP contribution in [-0.4, -0.2) is 35.7 Å². The van der Waals surface area contributed by atoms with Crippen LogP contribution in [0.25, 0.3) is 0 Å². The van der Waals surface area contributed by atoms with Gasteiger partial charge >= 0.3 is 0 Å². The lowest BCUT2D eigenvalue weighted by molar-refractivity contribution is -0.132. The number of hydrazine groups is 1. The summed E-state index contributed by atoms with van der Waals surface area (Å²) in [4.78, 5) is 16.3. The van der Waals surface area contributed by atoms with Crippen LogP contribution in [0.5, 0.6) is 0 Å². The van der Waals surface area contributed by atoms with Gasteiger partial charge in [-0.2, -0.15) is 11.8 Å². The van der Waals surface area contributed by atoms with E-state index in [1.165, 1.54) is 10.4 Å². The molecule has 4 nitrogen and oxygen atoms in total. The number of thiophene rings is 1. The second-order valence-corrected chi connectivity index (χ2v) is 9.34. The normalized spacial score (nSPS) is 26.7. The summed E-state index contributed by atoms with van der Waals surface area (Å²) in [6.45, 7) is 1.58. The van der Waals surface area contributed by atoms with Gasteiger partial charge in [0.1, 0.15) is 6.04 Å². The first-order valence-electron chi connectivity index (χ1n) is 8.91. The summed E-state index contributed by atoms with van der Waals surface area (Å²) in [6, 6.07) is 12.3. The first kappa shape index (κ1) is 18.3. The van der Waals surface area contributed by atoms with E-state index >= 15 is 0 Å². The zero-order valence-corrected chi connectivity index (χ0v) is 16.7. The summed E-state index contributed by atoms with van der Waals surface area (Å²) < 4.78 is 0. The highest BCUT2D eigenvalue weighted by molar-refractivity contribution is 7.99. The average Bonchev–Trinajstić information content (AvgIpc) is 3.29. The zero-order chi connectivity index (χ0) is 17.9. The molecule has 1 amide bonds.